The van der Waals surface area contributed by atoms with Crippen LogP contribution in [0.15, 0.2) is 18.6 Å². The van der Waals surface area contributed by atoms with E-state index >= 15 is 0 Å². The Morgan fingerprint density at radius 2 is 2.36 bits per heavy atom. The molecule has 7 heteroatoms. The zero-order chi connectivity index (χ0) is 10.1. The maximum atomic E-state index is 10.6. The van der Waals surface area contributed by atoms with E-state index in [0.29, 0.717) is 10.2 Å². The van der Waals surface area contributed by atoms with E-state index in [9.17, 15) is 4.79 Å². The molecule has 0 aliphatic carbocycles. The van der Waals surface area contributed by atoms with Crippen LogP contribution in [0, 0.1) is 0 Å². The number of rotatable bonds is 2. The molecule has 5 nitrogen and oxygen atoms in total. The molecule has 0 aromatic carbocycles. The number of nitrogens with zero attached hydrogens (tertiary/aromatic N) is 3. The van der Waals surface area contributed by atoms with Crippen molar-refractivity contribution >= 4 is 28.9 Å². The van der Waals surface area contributed by atoms with Crippen LogP contribution in [0.1, 0.15) is 9.67 Å². The Morgan fingerprint density at radius 1 is 1.57 bits per heavy atom. The number of carbonyl (C=O) groups is 1. The van der Waals surface area contributed by atoms with Crippen LogP contribution in [0.25, 0.3) is 5.13 Å². The second-order valence-corrected chi connectivity index (χ2v) is 3.86. The smallest absolute Gasteiger partial charge is 0.347 e. The lowest BCUT2D eigenvalue weighted by Crippen LogP contribution is -1.91. The minimum absolute atomic E-state index is 0.173. The molecule has 2 aromatic heterocycles. The summed E-state index contributed by atoms with van der Waals surface area (Å²) in [6.07, 6.45) is 4.31. The Morgan fingerprint density at radius 3 is 2.86 bits per heavy atom. The fourth-order valence-electron chi connectivity index (χ4n) is 0.875. The molecule has 0 radical (unpaired) electrons. The van der Waals surface area contributed by atoms with Crippen molar-refractivity contribution in [1.29, 1.82) is 0 Å². The Labute approximate surface area is 87.6 Å². The summed E-state index contributed by atoms with van der Waals surface area (Å²) in [5.74, 6) is -0.994. The first kappa shape index (κ1) is 9.17. The van der Waals surface area contributed by atoms with Crippen molar-refractivity contribution < 1.29 is 9.90 Å². The van der Waals surface area contributed by atoms with Gasteiger partial charge in [-0.05, 0) is 0 Å². The normalized spacial score (nSPS) is 10.4. The summed E-state index contributed by atoms with van der Waals surface area (Å²) < 4.78 is 1.43. The fourth-order valence-corrected chi connectivity index (χ4v) is 1.70. The molecule has 0 atom stereocenters. The van der Waals surface area contributed by atoms with Crippen molar-refractivity contribution in [2.45, 2.75) is 0 Å². The maximum absolute atomic E-state index is 10.6. The van der Waals surface area contributed by atoms with Crippen molar-refractivity contribution in [2.75, 3.05) is 0 Å². The molecule has 0 aliphatic rings. The molecule has 14 heavy (non-hydrogen) atoms. The number of carboxylic acid groups (broad SMARTS) is 1. The lowest BCUT2D eigenvalue weighted by atomic mass is 10.6. The van der Waals surface area contributed by atoms with Gasteiger partial charge < -0.3 is 5.11 Å². The highest BCUT2D eigenvalue weighted by Gasteiger charge is 2.10. The van der Waals surface area contributed by atoms with Gasteiger partial charge in [0.15, 0.2) is 0 Å². The molecule has 0 saturated heterocycles. The topological polar surface area (TPSA) is 68.0 Å². The minimum atomic E-state index is -0.994. The molecule has 0 amide bonds. The van der Waals surface area contributed by atoms with Crippen molar-refractivity contribution in [3.8, 4) is 5.13 Å². The van der Waals surface area contributed by atoms with Gasteiger partial charge in [0.25, 0.3) is 0 Å². The van der Waals surface area contributed by atoms with Gasteiger partial charge in [-0.2, -0.15) is 5.10 Å². The van der Waals surface area contributed by atoms with Crippen molar-refractivity contribution in [3.05, 3.63) is 28.5 Å². The van der Waals surface area contributed by atoms with Gasteiger partial charge in [0.2, 0.25) is 5.13 Å². The third-order valence-electron chi connectivity index (χ3n) is 1.45. The molecule has 2 rings (SSSR count). The van der Waals surface area contributed by atoms with E-state index in [1.165, 1.54) is 17.1 Å². The molecule has 0 saturated carbocycles. The summed E-state index contributed by atoms with van der Waals surface area (Å²) >= 11 is 6.70. The van der Waals surface area contributed by atoms with Crippen LogP contribution in [-0.4, -0.2) is 25.8 Å². The Kier molecular flexibility index (Phi) is 2.22. The monoisotopic (exact) mass is 229 g/mol. The fraction of sp³-hybridized carbons (Fsp3) is 0. The van der Waals surface area contributed by atoms with Crippen LogP contribution in [0.3, 0.4) is 0 Å². The highest BCUT2D eigenvalue weighted by Crippen LogP contribution is 2.18. The second kappa shape index (κ2) is 3.39. The van der Waals surface area contributed by atoms with Gasteiger partial charge in [0.05, 0.1) is 23.6 Å². The molecular formula is C7H4ClN3O2S. The molecule has 2 heterocycles. The van der Waals surface area contributed by atoms with Gasteiger partial charge in [-0.25, -0.2) is 14.5 Å². The summed E-state index contributed by atoms with van der Waals surface area (Å²) in [6.45, 7) is 0. The van der Waals surface area contributed by atoms with E-state index in [-0.39, 0.29) is 4.88 Å². The lowest BCUT2D eigenvalue weighted by molar-refractivity contribution is 0.0702. The van der Waals surface area contributed by atoms with E-state index in [0.717, 1.165) is 11.3 Å². The number of hydrogen-bond donors (Lipinski definition) is 1. The first-order chi connectivity index (χ1) is 6.66. The average molecular weight is 230 g/mol. The van der Waals surface area contributed by atoms with Crippen LogP contribution in [0.5, 0.6) is 0 Å². The minimum Gasteiger partial charge on any atom is -0.477 e. The molecule has 0 fully saturated rings. The molecule has 0 spiro atoms. The first-order valence-electron chi connectivity index (χ1n) is 3.56. The highest BCUT2D eigenvalue weighted by molar-refractivity contribution is 7.15. The van der Waals surface area contributed by atoms with Crippen LogP contribution < -0.4 is 0 Å². The van der Waals surface area contributed by atoms with E-state index in [1.807, 2.05) is 0 Å². The molecule has 1 N–H and O–H groups in total. The van der Waals surface area contributed by atoms with Crippen LogP contribution >= 0.6 is 22.9 Å². The molecule has 72 valence electrons. The largest absolute Gasteiger partial charge is 0.477 e. The maximum Gasteiger partial charge on any atom is 0.347 e. The molecular weight excluding hydrogens is 226 g/mol. The standard InChI is InChI=1S/C7H4ClN3O2S/c8-4-1-10-11(3-4)7-9-2-5(14-7)6(12)13/h1-3H,(H,12,13). The van der Waals surface area contributed by atoms with Crippen LogP contribution in [0.4, 0.5) is 0 Å². The van der Waals surface area contributed by atoms with Crippen LogP contribution in [0.2, 0.25) is 5.02 Å². The quantitative estimate of drug-likeness (QED) is 0.851. The van der Waals surface area contributed by atoms with Gasteiger partial charge in [0, 0.05) is 0 Å². The number of thiazole rings is 1. The predicted octanol–water partition coefficient (Wildman–Crippen LogP) is 1.68. The Hall–Kier alpha value is -1.40. The second-order valence-electron chi connectivity index (χ2n) is 2.42. The van der Waals surface area contributed by atoms with Gasteiger partial charge in [0.1, 0.15) is 4.88 Å². The van der Waals surface area contributed by atoms with Crippen molar-refractivity contribution in [3.63, 3.8) is 0 Å². The van der Waals surface area contributed by atoms with E-state index in [1.54, 1.807) is 6.20 Å². The van der Waals surface area contributed by atoms with E-state index in [4.69, 9.17) is 16.7 Å². The highest BCUT2D eigenvalue weighted by atomic mass is 35.5. The number of aromatic carboxylic acids is 1. The third-order valence-corrected chi connectivity index (χ3v) is 2.62. The summed E-state index contributed by atoms with van der Waals surface area (Å²) in [4.78, 5) is 14.6. The van der Waals surface area contributed by atoms with Crippen molar-refractivity contribution in [1.82, 2.24) is 14.8 Å². The van der Waals surface area contributed by atoms with Crippen LogP contribution in [-0.2, 0) is 0 Å². The lowest BCUT2D eigenvalue weighted by Gasteiger charge is -1.90. The van der Waals surface area contributed by atoms with E-state index < -0.39 is 5.97 Å². The van der Waals surface area contributed by atoms with Gasteiger partial charge >= 0.3 is 5.97 Å². The zero-order valence-corrected chi connectivity index (χ0v) is 8.29. The molecule has 0 aliphatic heterocycles. The SMILES string of the molecule is O=C(O)c1cnc(-n2cc(Cl)cn2)s1. The van der Waals surface area contributed by atoms with Crippen molar-refractivity contribution in [2.24, 2.45) is 0 Å². The molecule has 0 bridgehead atoms. The van der Waals surface area contributed by atoms with Gasteiger partial charge in [-0.3, -0.25) is 0 Å². The molecule has 0 unspecified atom stereocenters. The van der Waals surface area contributed by atoms with E-state index in [2.05, 4.69) is 10.1 Å². The summed E-state index contributed by atoms with van der Waals surface area (Å²) in [7, 11) is 0. The first-order valence-corrected chi connectivity index (χ1v) is 4.76. The van der Waals surface area contributed by atoms with Gasteiger partial charge in [-0.1, -0.05) is 22.9 Å². The Balaban J connectivity index is 2.38. The number of hydrogen-bond acceptors (Lipinski definition) is 4. The average Bonchev–Trinajstić information content (AvgIpc) is 2.70. The number of halogens is 1. The molecule has 2 aromatic rings. The summed E-state index contributed by atoms with van der Waals surface area (Å²) in [5.41, 5.74) is 0. The number of carboxylic acids is 1. The Bertz CT molecular complexity index is 479. The van der Waals surface area contributed by atoms with Gasteiger partial charge in [-0.15, -0.1) is 0 Å². The summed E-state index contributed by atoms with van der Waals surface area (Å²) in [5, 5.41) is 13.5. The number of aromatic nitrogens is 3. The third kappa shape index (κ3) is 1.61. The zero-order valence-electron chi connectivity index (χ0n) is 6.72. The summed E-state index contributed by atoms with van der Waals surface area (Å²) in [6, 6.07) is 0. The predicted molar refractivity (Wildman–Crippen MR) is 51.2 cm³/mol.